The molecule has 1 aromatic heterocycles. The Morgan fingerprint density at radius 1 is 1.11 bits per heavy atom. The Morgan fingerprint density at radius 3 is 2.63 bits per heavy atom. The molecule has 2 aromatic rings. The molecule has 0 spiro atoms. The number of hydrogen-bond acceptors (Lipinski definition) is 3. The van der Waals surface area contributed by atoms with Gasteiger partial charge in [-0.2, -0.15) is 0 Å². The first-order chi connectivity index (χ1) is 9.20. The van der Waals surface area contributed by atoms with Crippen LogP contribution in [0.3, 0.4) is 0 Å². The second-order valence-electron chi connectivity index (χ2n) is 4.65. The summed E-state index contributed by atoms with van der Waals surface area (Å²) < 4.78 is 5.89. The molecule has 0 saturated carbocycles. The predicted molar refractivity (Wildman–Crippen MR) is 77.2 cm³/mol. The molecule has 0 unspecified atom stereocenters. The molecular weight excluding hydrogens is 236 g/mol. The van der Waals surface area contributed by atoms with Crippen molar-refractivity contribution in [3.63, 3.8) is 0 Å². The second kappa shape index (κ2) is 6.34. The maximum atomic E-state index is 5.89. The van der Waals surface area contributed by atoms with E-state index in [0.717, 1.165) is 23.6 Å². The highest BCUT2D eigenvalue weighted by molar-refractivity contribution is 5.31. The largest absolute Gasteiger partial charge is 0.487 e. The van der Waals surface area contributed by atoms with Gasteiger partial charge < -0.3 is 10.5 Å². The van der Waals surface area contributed by atoms with Crippen LogP contribution < -0.4 is 10.5 Å². The van der Waals surface area contributed by atoms with Crippen LogP contribution in [0.5, 0.6) is 5.75 Å². The third-order valence-electron chi connectivity index (χ3n) is 3.10. The average Bonchev–Trinajstić information content (AvgIpc) is 2.40. The highest BCUT2D eigenvalue weighted by Crippen LogP contribution is 2.19. The van der Waals surface area contributed by atoms with Crippen molar-refractivity contribution in [2.24, 2.45) is 5.73 Å². The molecule has 100 valence electrons. The van der Waals surface area contributed by atoms with Gasteiger partial charge in [0.15, 0.2) is 0 Å². The van der Waals surface area contributed by atoms with E-state index in [1.54, 1.807) is 0 Å². The lowest BCUT2D eigenvalue weighted by Gasteiger charge is -2.12. The SMILES string of the molecule is Cc1ccc(OCc2ccccc2C)c(CCN)n1. The molecule has 0 radical (unpaired) electrons. The summed E-state index contributed by atoms with van der Waals surface area (Å²) in [6.07, 6.45) is 0.741. The minimum Gasteiger partial charge on any atom is -0.487 e. The van der Waals surface area contributed by atoms with Gasteiger partial charge in [-0.05, 0) is 43.7 Å². The molecule has 3 nitrogen and oxygen atoms in total. The van der Waals surface area contributed by atoms with Gasteiger partial charge in [-0.3, -0.25) is 4.98 Å². The molecule has 1 heterocycles. The van der Waals surface area contributed by atoms with Gasteiger partial charge in [0.2, 0.25) is 0 Å². The van der Waals surface area contributed by atoms with Crippen LogP contribution in [0, 0.1) is 13.8 Å². The van der Waals surface area contributed by atoms with Crippen molar-refractivity contribution in [1.29, 1.82) is 0 Å². The monoisotopic (exact) mass is 256 g/mol. The molecule has 0 aliphatic rings. The van der Waals surface area contributed by atoms with Gasteiger partial charge in [-0.25, -0.2) is 0 Å². The lowest BCUT2D eigenvalue weighted by atomic mass is 10.1. The first-order valence-electron chi connectivity index (χ1n) is 6.54. The average molecular weight is 256 g/mol. The molecule has 0 fully saturated rings. The van der Waals surface area contributed by atoms with Crippen molar-refractivity contribution >= 4 is 0 Å². The van der Waals surface area contributed by atoms with Gasteiger partial charge in [0.1, 0.15) is 12.4 Å². The van der Waals surface area contributed by atoms with Crippen LogP contribution in [0.25, 0.3) is 0 Å². The third-order valence-corrected chi connectivity index (χ3v) is 3.10. The molecular formula is C16H20N2O. The van der Waals surface area contributed by atoms with E-state index in [9.17, 15) is 0 Å². The van der Waals surface area contributed by atoms with Gasteiger partial charge >= 0.3 is 0 Å². The summed E-state index contributed by atoms with van der Waals surface area (Å²) in [6, 6.07) is 12.2. The van der Waals surface area contributed by atoms with Crippen LogP contribution in [-0.4, -0.2) is 11.5 Å². The van der Waals surface area contributed by atoms with E-state index in [2.05, 4.69) is 24.0 Å². The molecule has 0 aliphatic carbocycles. The molecule has 0 aliphatic heterocycles. The standard InChI is InChI=1S/C16H20N2O/c1-12-5-3-4-6-14(12)11-19-16-8-7-13(2)18-15(16)9-10-17/h3-8H,9-11,17H2,1-2H3. The zero-order chi connectivity index (χ0) is 13.7. The fraction of sp³-hybridized carbons (Fsp3) is 0.312. The molecule has 0 bridgehead atoms. The first-order valence-corrected chi connectivity index (χ1v) is 6.54. The summed E-state index contributed by atoms with van der Waals surface area (Å²) >= 11 is 0. The summed E-state index contributed by atoms with van der Waals surface area (Å²) in [6.45, 7) is 5.21. The second-order valence-corrected chi connectivity index (χ2v) is 4.65. The van der Waals surface area contributed by atoms with Crippen LogP contribution in [0.15, 0.2) is 36.4 Å². The number of ether oxygens (including phenoxy) is 1. The van der Waals surface area contributed by atoms with Gasteiger partial charge in [0.25, 0.3) is 0 Å². The number of aromatic nitrogens is 1. The molecule has 0 amide bonds. The smallest absolute Gasteiger partial charge is 0.141 e. The molecule has 19 heavy (non-hydrogen) atoms. The minimum atomic E-state index is 0.564. The van der Waals surface area contributed by atoms with E-state index in [1.807, 2.05) is 31.2 Å². The Kier molecular flexibility index (Phi) is 4.53. The molecule has 3 heteroatoms. The lowest BCUT2D eigenvalue weighted by Crippen LogP contribution is -2.08. The Hall–Kier alpha value is -1.87. The van der Waals surface area contributed by atoms with E-state index in [-0.39, 0.29) is 0 Å². The number of nitrogens with zero attached hydrogens (tertiary/aromatic N) is 1. The Balaban J connectivity index is 2.13. The molecule has 2 N–H and O–H groups in total. The summed E-state index contributed by atoms with van der Waals surface area (Å²) in [5.41, 5.74) is 9.98. The van der Waals surface area contributed by atoms with Gasteiger partial charge in [0, 0.05) is 12.1 Å². The zero-order valence-corrected chi connectivity index (χ0v) is 11.5. The number of benzene rings is 1. The maximum Gasteiger partial charge on any atom is 0.141 e. The Morgan fingerprint density at radius 2 is 1.89 bits per heavy atom. The van der Waals surface area contributed by atoms with Crippen LogP contribution in [0.4, 0.5) is 0 Å². The van der Waals surface area contributed by atoms with Crippen LogP contribution in [0.1, 0.15) is 22.5 Å². The van der Waals surface area contributed by atoms with E-state index < -0.39 is 0 Å². The lowest BCUT2D eigenvalue weighted by molar-refractivity contribution is 0.300. The fourth-order valence-corrected chi connectivity index (χ4v) is 1.97. The first kappa shape index (κ1) is 13.6. The van der Waals surface area contributed by atoms with Crippen molar-refractivity contribution in [3.05, 3.63) is 58.9 Å². The van der Waals surface area contributed by atoms with Crippen molar-refractivity contribution in [2.75, 3.05) is 6.54 Å². The third kappa shape index (κ3) is 3.55. The molecule has 2 rings (SSSR count). The maximum absolute atomic E-state index is 5.89. The number of nitrogens with two attached hydrogens (primary N) is 1. The van der Waals surface area contributed by atoms with Crippen LogP contribution in [0.2, 0.25) is 0 Å². The summed E-state index contributed by atoms with van der Waals surface area (Å²) in [7, 11) is 0. The van der Waals surface area contributed by atoms with Crippen LogP contribution in [-0.2, 0) is 13.0 Å². The van der Waals surface area contributed by atoms with E-state index >= 15 is 0 Å². The Labute approximate surface area is 114 Å². The van der Waals surface area contributed by atoms with Crippen LogP contribution >= 0.6 is 0 Å². The van der Waals surface area contributed by atoms with E-state index in [4.69, 9.17) is 10.5 Å². The molecule has 0 atom stereocenters. The normalized spacial score (nSPS) is 10.5. The van der Waals surface area contributed by atoms with Gasteiger partial charge in [0.05, 0.1) is 5.69 Å². The summed E-state index contributed by atoms with van der Waals surface area (Å²) in [5, 5.41) is 0. The van der Waals surface area contributed by atoms with E-state index in [0.29, 0.717) is 13.2 Å². The highest BCUT2D eigenvalue weighted by Gasteiger charge is 2.06. The topological polar surface area (TPSA) is 48.1 Å². The van der Waals surface area contributed by atoms with Crippen molar-refractivity contribution in [2.45, 2.75) is 26.9 Å². The predicted octanol–water partition coefficient (Wildman–Crippen LogP) is 2.78. The highest BCUT2D eigenvalue weighted by atomic mass is 16.5. The minimum absolute atomic E-state index is 0.564. The van der Waals surface area contributed by atoms with Crippen molar-refractivity contribution in [1.82, 2.24) is 4.98 Å². The number of hydrogen-bond donors (Lipinski definition) is 1. The van der Waals surface area contributed by atoms with Gasteiger partial charge in [-0.15, -0.1) is 0 Å². The number of pyridine rings is 1. The summed E-state index contributed by atoms with van der Waals surface area (Å²) in [5.74, 6) is 0.833. The quantitative estimate of drug-likeness (QED) is 0.895. The van der Waals surface area contributed by atoms with Crippen molar-refractivity contribution < 1.29 is 4.74 Å². The van der Waals surface area contributed by atoms with Crippen molar-refractivity contribution in [3.8, 4) is 5.75 Å². The van der Waals surface area contributed by atoms with Gasteiger partial charge in [-0.1, -0.05) is 24.3 Å². The molecule has 0 saturated heterocycles. The fourth-order valence-electron chi connectivity index (χ4n) is 1.97. The zero-order valence-electron chi connectivity index (χ0n) is 11.5. The number of rotatable bonds is 5. The molecule has 1 aromatic carbocycles. The van der Waals surface area contributed by atoms with E-state index in [1.165, 1.54) is 11.1 Å². The summed E-state index contributed by atoms with van der Waals surface area (Å²) in [4.78, 5) is 4.49. The Bertz CT molecular complexity index is 552. The number of aryl methyl sites for hydroxylation is 2.